The van der Waals surface area contributed by atoms with E-state index in [0.717, 1.165) is 4.68 Å². The first-order chi connectivity index (χ1) is 10.6. The van der Waals surface area contributed by atoms with Gasteiger partial charge in [-0.3, -0.25) is 4.79 Å². The highest BCUT2D eigenvalue weighted by Gasteiger charge is 2.06. The van der Waals surface area contributed by atoms with Crippen molar-refractivity contribution in [3.8, 4) is 11.5 Å². The predicted molar refractivity (Wildman–Crippen MR) is 77.2 cm³/mol. The summed E-state index contributed by atoms with van der Waals surface area (Å²) in [6.45, 7) is 2.13. The number of nitrogens with two attached hydrogens (primary N) is 1. The van der Waals surface area contributed by atoms with Crippen molar-refractivity contribution in [1.82, 2.24) is 25.6 Å². The highest BCUT2D eigenvalue weighted by Crippen LogP contribution is 2.25. The summed E-state index contributed by atoms with van der Waals surface area (Å²) < 4.78 is 6.34. The number of hydrogen-bond acceptors (Lipinski definition) is 8. The van der Waals surface area contributed by atoms with E-state index in [9.17, 15) is 9.90 Å². The first-order valence-corrected chi connectivity index (χ1v) is 6.39. The second-order valence-corrected chi connectivity index (χ2v) is 4.15. The summed E-state index contributed by atoms with van der Waals surface area (Å²) in [7, 11) is 0. The Kier molecular flexibility index (Phi) is 4.85. The SMILES string of the molecule is CCOc1ccc(/C=N\NC(=O)Cn2nnnc2N)cc1O. The van der Waals surface area contributed by atoms with Gasteiger partial charge in [0.25, 0.3) is 5.91 Å². The number of aromatic hydroxyl groups is 1. The molecule has 0 unspecified atom stereocenters. The van der Waals surface area contributed by atoms with E-state index in [-0.39, 0.29) is 18.2 Å². The molecule has 4 N–H and O–H groups in total. The van der Waals surface area contributed by atoms with Crippen LogP contribution in [0.15, 0.2) is 23.3 Å². The Morgan fingerprint density at radius 1 is 1.59 bits per heavy atom. The van der Waals surface area contributed by atoms with E-state index >= 15 is 0 Å². The minimum atomic E-state index is -0.439. The molecule has 22 heavy (non-hydrogen) atoms. The van der Waals surface area contributed by atoms with Crippen molar-refractivity contribution in [3.63, 3.8) is 0 Å². The van der Waals surface area contributed by atoms with Crippen molar-refractivity contribution in [1.29, 1.82) is 0 Å². The molecular weight excluding hydrogens is 290 g/mol. The second-order valence-electron chi connectivity index (χ2n) is 4.15. The molecule has 0 atom stereocenters. The number of ether oxygens (including phenoxy) is 1. The van der Waals surface area contributed by atoms with E-state index in [1.807, 2.05) is 6.92 Å². The Morgan fingerprint density at radius 3 is 3.05 bits per heavy atom. The minimum absolute atomic E-state index is 0.00131. The maximum atomic E-state index is 11.6. The highest BCUT2D eigenvalue weighted by atomic mass is 16.5. The number of hydrazone groups is 1. The van der Waals surface area contributed by atoms with Gasteiger partial charge >= 0.3 is 0 Å². The van der Waals surface area contributed by atoms with Crippen LogP contribution >= 0.6 is 0 Å². The van der Waals surface area contributed by atoms with Crippen molar-refractivity contribution in [2.45, 2.75) is 13.5 Å². The van der Waals surface area contributed by atoms with Gasteiger partial charge in [0.05, 0.1) is 12.8 Å². The molecule has 0 fully saturated rings. The molecule has 1 amide bonds. The highest BCUT2D eigenvalue weighted by molar-refractivity contribution is 5.83. The van der Waals surface area contributed by atoms with E-state index in [1.54, 1.807) is 12.1 Å². The Hall–Kier alpha value is -3.17. The number of hydrogen-bond donors (Lipinski definition) is 3. The van der Waals surface area contributed by atoms with E-state index < -0.39 is 5.91 Å². The van der Waals surface area contributed by atoms with Crippen molar-refractivity contribution in [2.24, 2.45) is 5.10 Å². The number of anilines is 1. The lowest BCUT2D eigenvalue weighted by Crippen LogP contribution is -2.24. The molecule has 1 aromatic carbocycles. The third-order valence-corrected chi connectivity index (χ3v) is 2.54. The molecule has 116 valence electrons. The maximum absolute atomic E-state index is 11.6. The van der Waals surface area contributed by atoms with E-state index in [4.69, 9.17) is 10.5 Å². The number of rotatable bonds is 6. The average molecular weight is 305 g/mol. The van der Waals surface area contributed by atoms with Crippen LogP contribution in [0.4, 0.5) is 5.95 Å². The average Bonchev–Trinajstić information content (AvgIpc) is 2.87. The van der Waals surface area contributed by atoms with Crippen LogP contribution in [0.2, 0.25) is 0 Å². The molecule has 0 aliphatic carbocycles. The monoisotopic (exact) mass is 305 g/mol. The number of carbonyl (C=O) groups is 1. The third-order valence-electron chi connectivity index (χ3n) is 2.54. The fourth-order valence-electron chi connectivity index (χ4n) is 1.57. The summed E-state index contributed by atoms with van der Waals surface area (Å²) in [5.41, 5.74) is 8.33. The molecule has 0 spiro atoms. The van der Waals surface area contributed by atoms with Crippen LogP contribution in [-0.4, -0.2) is 44.0 Å². The molecule has 1 heterocycles. The van der Waals surface area contributed by atoms with Gasteiger partial charge in [0, 0.05) is 0 Å². The minimum Gasteiger partial charge on any atom is -0.504 e. The summed E-state index contributed by atoms with van der Waals surface area (Å²) in [5, 5.41) is 23.8. The van der Waals surface area contributed by atoms with Gasteiger partial charge in [-0.2, -0.15) is 5.10 Å². The number of tetrazole rings is 1. The van der Waals surface area contributed by atoms with Gasteiger partial charge in [-0.05, 0) is 41.1 Å². The quantitative estimate of drug-likeness (QED) is 0.483. The zero-order valence-corrected chi connectivity index (χ0v) is 11.8. The van der Waals surface area contributed by atoms with Crippen molar-refractivity contribution in [3.05, 3.63) is 23.8 Å². The summed E-state index contributed by atoms with van der Waals surface area (Å²) in [6.07, 6.45) is 1.39. The van der Waals surface area contributed by atoms with Gasteiger partial charge in [0.15, 0.2) is 11.5 Å². The fourth-order valence-corrected chi connectivity index (χ4v) is 1.57. The van der Waals surface area contributed by atoms with Gasteiger partial charge in [-0.25, -0.2) is 10.1 Å². The van der Waals surface area contributed by atoms with Crippen molar-refractivity contribution < 1.29 is 14.6 Å². The van der Waals surface area contributed by atoms with Crippen molar-refractivity contribution in [2.75, 3.05) is 12.3 Å². The van der Waals surface area contributed by atoms with Gasteiger partial charge in [0.2, 0.25) is 5.95 Å². The number of phenols is 1. The molecule has 0 radical (unpaired) electrons. The number of nitrogen functional groups attached to an aromatic ring is 1. The summed E-state index contributed by atoms with van der Waals surface area (Å²) >= 11 is 0. The first-order valence-electron chi connectivity index (χ1n) is 6.39. The number of aromatic nitrogens is 4. The van der Waals surface area contributed by atoms with E-state index in [0.29, 0.717) is 17.9 Å². The number of benzene rings is 1. The molecule has 0 saturated heterocycles. The zero-order valence-electron chi connectivity index (χ0n) is 11.8. The molecule has 0 aliphatic heterocycles. The molecule has 0 saturated carbocycles. The molecule has 1 aromatic heterocycles. The topological polar surface area (TPSA) is 141 Å². The van der Waals surface area contributed by atoms with Gasteiger partial charge in [-0.1, -0.05) is 5.10 Å². The standard InChI is InChI=1S/C12H15N7O3/c1-2-22-10-4-3-8(5-9(10)20)6-14-15-11(21)7-19-12(13)16-17-18-19/h3-6,20H,2,7H2,1H3,(H,15,21)(H2,13,16,18)/b14-6-. The van der Waals surface area contributed by atoms with Gasteiger partial charge in [-0.15, -0.1) is 0 Å². The first kappa shape index (κ1) is 15.2. The Labute approximate surface area is 125 Å². The normalized spacial score (nSPS) is 10.8. The maximum Gasteiger partial charge on any atom is 0.261 e. The van der Waals surface area contributed by atoms with Crippen molar-refractivity contribution >= 4 is 18.1 Å². The molecule has 10 nitrogen and oxygen atoms in total. The molecule has 2 rings (SSSR count). The third kappa shape index (κ3) is 3.91. The number of nitrogens with zero attached hydrogens (tertiary/aromatic N) is 5. The molecule has 2 aromatic rings. The molecule has 0 aliphatic rings. The van der Waals surface area contributed by atoms with Crippen LogP contribution in [0.3, 0.4) is 0 Å². The van der Waals surface area contributed by atoms with Crippen LogP contribution in [0.1, 0.15) is 12.5 Å². The lowest BCUT2D eigenvalue weighted by atomic mass is 10.2. The number of carbonyl (C=O) groups excluding carboxylic acids is 1. The zero-order chi connectivity index (χ0) is 15.9. The van der Waals surface area contributed by atoms with Gasteiger partial charge < -0.3 is 15.6 Å². The second kappa shape index (κ2) is 7.02. The Morgan fingerprint density at radius 2 is 2.41 bits per heavy atom. The molecule has 10 heteroatoms. The molecular formula is C12H15N7O3. The van der Waals surface area contributed by atoms with Crippen LogP contribution in [0, 0.1) is 0 Å². The number of amides is 1. The summed E-state index contributed by atoms with van der Waals surface area (Å²) in [6, 6.07) is 4.78. The fraction of sp³-hybridized carbons (Fsp3) is 0.250. The molecule has 0 bridgehead atoms. The number of nitrogens with one attached hydrogen (secondary N) is 1. The predicted octanol–water partition coefficient (Wildman–Crippen LogP) is -0.490. The Balaban J connectivity index is 1.90. The van der Waals surface area contributed by atoms with Crippen LogP contribution in [0.5, 0.6) is 11.5 Å². The van der Waals surface area contributed by atoms with E-state index in [2.05, 4.69) is 26.1 Å². The van der Waals surface area contributed by atoms with Crippen LogP contribution in [0.25, 0.3) is 0 Å². The summed E-state index contributed by atoms with van der Waals surface area (Å²) in [5.74, 6) is -0.0163. The largest absolute Gasteiger partial charge is 0.504 e. The lowest BCUT2D eigenvalue weighted by molar-refractivity contribution is -0.121. The van der Waals surface area contributed by atoms with Crippen LogP contribution in [-0.2, 0) is 11.3 Å². The lowest BCUT2D eigenvalue weighted by Gasteiger charge is -2.05. The summed E-state index contributed by atoms with van der Waals surface area (Å²) in [4.78, 5) is 11.6. The number of phenolic OH excluding ortho intramolecular Hbond substituents is 1. The van der Waals surface area contributed by atoms with Gasteiger partial charge in [0.1, 0.15) is 6.54 Å². The Bertz CT molecular complexity index is 683. The van der Waals surface area contributed by atoms with E-state index in [1.165, 1.54) is 12.3 Å². The van der Waals surface area contributed by atoms with Crippen LogP contribution < -0.4 is 15.9 Å². The smallest absolute Gasteiger partial charge is 0.261 e.